The Kier molecular flexibility index (Phi) is 5.81. The van der Waals surface area contributed by atoms with Crippen LogP contribution in [-0.4, -0.2) is 4.57 Å². The van der Waals surface area contributed by atoms with E-state index in [-0.39, 0.29) is 0 Å². The zero-order chi connectivity index (χ0) is 24.0. The van der Waals surface area contributed by atoms with Crippen molar-refractivity contribution in [2.45, 2.75) is 47.5 Å². The van der Waals surface area contributed by atoms with Gasteiger partial charge in [-0.15, -0.1) is 0 Å². The van der Waals surface area contributed by atoms with Crippen molar-refractivity contribution >= 4 is 21.9 Å². The molecule has 5 rings (SSSR count). The number of hydrogen-bond acceptors (Lipinski definition) is 1. The maximum atomic E-state index is 6.16. The van der Waals surface area contributed by atoms with Crippen molar-refractivity contribution in [2.75, 3.05) is 0 Å². The zero-order valence-corrected chi connectivity index (χ0v) is 21.2. The van der Waals surface area contributed by atoms with Crippen LogP contribution in [0.4, 0.5) is 0 Å². The molecule has 0 N–H and O–H groups in total. The molecule has 5 aromatic rings. The third-order valence-electron chi connectivity index (χ3n) is 6.67. The van der Waals surface area contributed by atoms with Crippen LogP contribution in [0.1, 0.15) is 44.4 Å². The van der Waals surface area contributed by atoms with Gasteiger partial charge < -0.3 is 4.42 Å². The average molecular weight is 452 g/mol. The smallest absolute Gasteiger partial charge is 0.294 e. The SMILES string of the molecule is Cc1cc2oc3ccccc3c2cc1-c1n(-c2c(CC(C)C)cccc2CC(C)C)cc[n+]1C. The molecule has 0 aliphatic carbocycles. The fraction of sp³-hybridized carbons (Fsp3) is 0.323. The highest BCUT2D eigenvalue weighted by Crippen LogP contribution is 2.35. The second-order valence-corrected chi connectivity index (χ2v) is 10.5. The van der Waals surface area contributed by atoms with Gasteiger partial charge in [0.25, 0.3) is 5.82 Å². The number of nitrogens with zero attached hydrogens (tertiary/aromatic N) is 2. The van der Waals surface area contributed by atoms with E-state index < -0.39 is 0 Å². The summed E-state index contributed by atoms with van der Waals surface area (Å²) in [5.41, 5.74) is 8.52. The van der Waals surface area contributed by atoms with E-state index >= 15 is 0 Å². The highest BCUT2D eigenvalue weighted by Gasteiger charge is 2.26. The monoisotopic (exact) mass is 451 g/mol. The molecule has 2 aromatic heterocycles. The number of aryl methyl sites for hydroxylation is 2. The van der Waals surface area contributed by atoms with E-state index in [0.717, 1.165) is 24.0 Å². The van der Waals surface area contributed by atoms with Crippen molar-refractivity contribution in [1.29, 1.82) is 0 Å². The highest BCUT2D eigenvalue weighted by molar-refractivity contribution is 6.06. The fourth-order valence-corrected chi connectivity index (χ4v) is 5.25. The topological polar surface area (TPSA) is 21.9 Å². The van der Waals surface area contributed by atoms with Crippen molar-refractivity contribution in [3.05, 3.63) is 83.7 Å². The van der Waals surface area contributed by atoms with E-state index in [9.17, 15) is 0 Å². The van der Waals surface area contributed by atoms with E-state index in [1.807, 2.05) is 12.1 Å². The highest BCUT2D eigenvalue weighted by atomic mass is 16.3. The van der Waals surface area contributed by atoms with E-state index in [1.165, 1.54) is 44.5 Å². The molecule has 0 amide bonds. The normalized spacial score (nSPS) is 12.0. The Morgan fingerprint density at radius 3 is 2.18 bits per heavy atom. The number of imidazole rings is 1. The van der Waals surface area contributed by atoms with E-state index in [1.54, 1.807) is 0 Å². The van der Waals surface area contributed by atoms with Gasteiger partial charge in [0.05, 0.1) is 12.6 Å². The molecule has 0 spiro atoms. The summed E-state index contributed by atoms with van der Waals surface area (Å²) < 4.78 is 10.8. The second kappa shape index (κ2) is 8.79. The first-order valence-electron chi connectivity index (χ1n) is 12.4. The molecule has 0 aliphatic heterocycles. The van der Waals surface area contributed by atoms with Gasteiger partial charge in [-0.2, -0.15) is 4.57 Å². The van der Waals surface area contributed by atoms with Gasteiger partial charge in [-0.1, -0.05) is 64.1 Å². The van der Waals surface area contributed by atoms with Gasteiger partial charge >= 0.3 is 0 Å². The number of hydrogen-bond donors (Lipinski definition) is 0. The number of aromatic nitrogens is 2. The minimum Gasteiger partial charge on any atom is -0.456 e. The molecule has 0 atom stereocenters. The number of rotatable bonds is 6. The molecule has 2 heterocycles. The number of benzene rings is 3. The molecule has 0 saturated carbocycles. The molecular formula is C31H35N2O+. The minimum absolute atomic E-state index is 0.594. The Hall–Kier alpha value is -3.33. The van der Waals surface area contributed by atoms with Crippen LogP contribution in [0.25, 0.3) is 39.0 Å². The van der Waals surface area contributed by atoms with Crippen molar-refractivity contribution < 1.29 is 8.98 Å². The van der Waals surface area contributed by atoms with E-state index in [4.69, 9.17) is 4.42 Å². The van der Waals surface area contributed by atoms with Gasteiger partial charge in [-0.25, -0.2) is 4.57 Å². The molecule has 0 unspecified atom stereocenters. The predicted molar refractivity (Wildman–Crippen MR) is 141 cm³/mol. The zero-order valence-electron chi connectivity index (χ0n) is 21.2. The summed E-state index contributed by atoms with van der Waals surface area (Å²) in [7, 11) is 2.15. The van der Waals surface area contributed by atoms with Crippen molar-refractivity contribution in [3.63, 3.8) is 0 Å². The third-order valence-corrected chi connectivity index (χ3v) is 6.67. The summed E-state index contributed by atoms with van der Waals surface area (Å²) in [5.74, 6) is 2.39. The second-order valence-electron chi connectivity index (χ2n) is 10.5. The molecule has 3 heteroatoms. The summed E-state index contributed by atoms with van der Waals surface area (Å²) in [6.07, 6.45) is 6.53. The Balaban J connectivity index is 1.77. The lowest BCUT2D eigenvalue weighted by atomic mass is 9.94. The average Bonchev–Trinajstić information content (AvgIpc) is 3.32. The lowest BCUT2D eigenvalue weighted by molar-refractivity contribution is -0.659. The summed E-state index contributed by atoms with van der Waals surface area (Å²) >= 11 is 0. The Bertz CT molecular complexity index is 1450. The van der Waals surface area contributed by atoms with Gasteiger partial charge in [0.2, 0.25) is 0 Å². The molecule has 0 fully saturated rings. The summed E-state index contributed by atoms with van der Waals surface area (Å²) in [4.78, 5) is 0. The maximum Gasteiger partial charge on any atom is 0.294 e. The molecule has 3 nitrogen and oxygen atoms in total. The first-order valence-corrected chi connectivity index (χ1v) is 12.4. The predicted octanol–water partition coefficient (Wildman–Crippen LogP) is 7.57. The van der Waals surface area contributed by atoms with Crippen LogP contribution >= 0.6 is 0 Å². The third kappa shape index (κ3) is 3.94. The number of furan rings is 1. The molecule has 0 saturated heterocycles. The lowest BCUT2D eigenvalue weighted by Gasteiger charge is -2.16. The number of para-hydroxylation sites is 2. The maximum absolute atomic E-state index is 6.16. The molecule has 0 aliphatic rings. The lowest BCUT2D eigenvalue weighted by Crippen LogP contribution is -2.29. The Morgan fingerprint density at radius 1 is 0.824 bits per heavy atom. The standard InChI is InChI=1S/C31H35N2O/c1-20(2)16-23-10-9-11-24(17-21(3)4)30(23)33-15-14-32(6)31(33)26-19-27-25-12-7-8-13-28(25)34-29(27)18-22(26)5/h7-15,18-21H,16-17H2,1-6H3/q+1. The van der Waals surface area contributed by atoms with Gasteiger partial charge in [-0.3, -0.25) is 0 Å². The quantitative estimate of drug-likeness (QED) is 0.244. The molecule has 174 valence electrons. The van der Waals surface area contributed by atoms with Gasteiger partial charge in [0, 0.05) is 10.8 Å². The van der Waals surface area contributed by atoms with Crippen LogP contribution in [0, 0.1) is 18.8 Å². The van der Waals surface area contributed by atoms with Gasteiger partial charge in [-0.05, 0) is 66.5 Å². The minimum atomic E-state index is 0.594. The van der Waals surface area contributed by atoms with E-state index in [0.29, 0.717) is 11.8 Å². The Morgan fingerprint density at radius 2 is 1.50 bits per heavy atom. The summed E-state index contributed by atoms with van der Waals surface area (Å²) in [6, 6.07) is 19.7. The van der Waals surface area contributed by atoms with Crippen LogP contribution < -0.4 is 4.57 Å². The summed E-state index contributed by atoms with van der Waals surface area (Å²) in [5, 5.41) is 2.34. The van der Waals surface area contributed by atoms with Gasteiger partial charge in [0.1, 0.15) is 29.2 Å². The van der Waals surface area contributed by atoms with Crippen LogP contribution in [0.2, 0.25) is 0 Å². The summed E-state index contributed by atoms with van der Waals surface area (Å²) in [6.45, 7) is 11.4. The number of fused-ring (bicyclic) bond motifs is 3. The fourth-order valence-electron chi connectivity index (χ4n) is 5.25. The van der Waals surface area contributed by atoms with Crippen molar-refractivity contribution in [2.24, 2.45) is 18.9 Å². The van der Waals surface area contributed by atoms with Crippen molar-refractivity contribution in [3.8, 4) is 17.1 Å². The van der Waals surface area contributed by atoms with Crippen LogP contribution in [0.15, 0.2) is 71.4 Å². The first kappa shape index (κ1) is 22.5. The molecule has 3 aromatic carbocycles. The van der Waals surface area contributed by atoms with Crippen LogP contribution in [0.3, 0.4) is 0 Å². The molecule has 34 heavy (non-hydrogen) atoms. The van der Waals surface area contributed by atoms with Crippen LogP contribution in [0.5, 0.6) is 0 Å². The molecule has 0 bridgehead atoms. The van der Waals surface area contributed by atoms with E-state index in [2.05, 4.69) is 106 Å². The van der Waals surface area contributed by atoms with Crippen molar-refractivity contribution in [1.82, 2.24) is 4.57 Å². The first-order chi connectivity index (χ1) is 16.3. The largest absolute Gasteiger partial charge is 0.456 e. The Labute approximate surface area is 202 Å². The van der Waals surface area contributed by atoms with Gasteiger partial charge in [0.15, 0.2) is 0 Å². The van der Waals surface area contributed by atoms with Crippen LogP contribution in [-0.2, 0) is 19.9 Å². The molecule has 0 radical (unpaired) electrons. The molecular weight excluding hydrogens is 416 g/mol.